The Kier molecular flexibility index (Phi) is 16.8. The Bertz CT molecular complexity index is 594. The summed E-state index contributed by atoms with van der Waals surface area (Å²) in [5.41, 5.74) is 0. The van der Waals surface area contributed by atoms with Gasteiger partial charge in [-0.15, -0.1) is 0 Å². The van der Waals surface area contributed by atoms with E-state index in [2.05, 4.69) is 0 Å². The number of ketones is 3. The summed E-state index contributed by atoms with van der Waals surface area (Å²) >= 11 is 0. The van der Waals surface area contributed by atoms with Crippen molar-refractivity contribution in [2.45, 2.75) is 39.3 Å². The second kappa shape index (κ2) is 14.5. The van der Waals surface area contributed by atoms with Crippen LogP contribution in [0.5, 0.6) is 0 Å². The van der Waals surface area contributed by atoms with Crippen molar-refractivity contribution < 1.29 is 86.6 Å². The number of allylic oxidation sites excluding steroid dienone is 6. The average molecular weight is 514 g/mol. The zero-order chi connectivity index (χ0) is 25.1. The Hall–Kier alpha value is -2.47. The second-order valence-electron chi connectivity index (χ2n) is 4.94. The van der Waals surface area contributed by atoms with Gasteiger partial charge < -0.3 is 15.3 Å². The molecule has 0 amide bonds. The summed E-state index contributed by atoms with van der Waals surface area (Å²) < 4.78 is 102. The van der Waals surface area contributed by atoms with Gasteiger partial charge in [-0.25, -0.2) is 0 Å². The van der Waals surface area contributed by atoms with Crippen molar-refractivity contribution in [2.24, 2.45) is 0 Å². The molecule has 0 aliphatic rings. The van der Waals surface area contributed by atoms with Gasteiger partial charge in [-0.2, -0.15) is 39.5 Å². The predicted molar refractivity (Wildman–Crippen MR) is 82.3 cm³/mol. The number of hydrogen-bond donors (Lipinski definition) is 3. The summed E-state index contributed by atoms with van der Waals surface area (Å²) in [5.74, 6) is -8.10. The zero-order valence-corrected chi connectivity index (χ0v) is 16.9. The van der Waals surface area contributed by atoms with E-state index in [0.29, 0.717) is 0 Å². The van der Waals surface area contributed by atoms with Crippen molar-refractivity contribution in [2.75, 3.05) is 0 Å². The molecular formula is C15H15CrF9O6. The van der Waals surface area contributed by atoms with Gasteiger partial charge in [0.15, 0.2) is 0 Å². The predicted octanol–water partition coefficient (Wildman–Crippen LogP) is 4.74. The van der Waals surface area contributed by atoms with Crippen LogP contribution in [0, 0.1) is 0 Å². The molecule has 0 atom stereocenters. The van der Waals surface area contributed by atoms with Gasteiger partial charge in [0.05, 0.1) is 17.3 Å². The summed E-state index contributed by atoms with van der Waals surface area (Å²) in [6.45, 7) is 2.97. The van der Waals surface area contributed by atoms with Crippen LogP contribution in [0.15, 0.2) is 35.5 Å². The number of carbonyl (C=O) groups excluding carboxylic acids is 3. The largest absolute Gasteiger partial charge is 0.512 e. The summed E-state index contributed by atoms with van der Waals surface area (Å²) in [7, 11) is 0. The fourth-order valence-corrected chi connectivity index (χ4v) is 0.815. The van der Waals surface area contributed by atoms with Crippen LogP contribution in [0.1, 0.15) is 20.8 Å². The minimum Gasteiger partial charge on any atom is -0.512 e. The van der Waals surface area contributed by atoms with Crippen LogP contribution in [0.3, 0.4) is 0 Å². The average Bonchev–Trinajstić information content (AvgIpc) is 2.43. The molecule has 0 aromatic carbocycles. The molecule has 3 N–H and O–H groups in total. The minimum atomic E-state index is -4.88. The van der Waals surface area contributed by atoms with Crippen LogP contribution in [0.25, 0.3) is 0 Å². The van der Waals surface area contributed by atoms with Gasteiger partial charge in [-0.1, -0.05) is 0 Å². The van der Waals surface area contributed by atoms with Gasteiger partial charge in [0, 0.05) is 35.6 Å². The number of aliphatic hydroxyl groups is 3. The molecule has 0 saturated carbocycles. The minimum absolute atomic E-state index is 0. The number of hydrogen-bond acceptors (Lipinski definition) is 6. The van der Waals surface area contributed by atoms with Crippen molar-refractivity contribution in [1.82, 2.24) is 0 Å². The summed E-state index contributed by atoms with van der Waals surface area (Å²) in [6.07, 6.45) is -14.3. The molecule has 0 saturated heterocycles. The van der Waals surface area contributed by atoms with Crippen LogP contribution >= 0.6 is 0 Å². The van der Waals surface area contributed by atoms with Crippen molar-refractivity contribution in [3.05, 3.63) is 35.5 Å². The first-order valence-electron chi connectivity index (χ1n) is 6.97. The first-order valence-corrected chi connectivity index (χ1v) is 6.97. The van der Waals surface area contributed by atoms with Crippen molar-refractivity contribution >= 4 is 17.3 Å². The van der Waals surface area contributed by atoms with Crippen LogP contribution < -0.4 is 0 Å². The normalized spacial score (nSPS) is 13.0. The zero-order valence-electron chi connectivity index (χ0n) is 15.6. The molecule has 6 nitrogen and oxygen atoms in total. The van der Waals surface area contributed by atoms with Crippen LogP contribution in [0.4, 0.5) is 39.5 Å². The Morgan fingerprint density at radius 1 is 0.516 bits per heavy atom. The quantitative estimate of drug-likeness (QED) is 0.285. The monoisotopic (exact) mass is 514 g/mol. The summed E-state index contributed by atoms with van der Waals surface area (Å²) in [5, 5.41) is 24.7. The van der Waals surface area contributed by atoms with E-state index in [1.807, 2.05) is 0 Å². The van der Waals surface area contributed by atoms with Gasteiger partial charge in [-0.05, 0) is 20.8 Å². The van der Waals surface area contributed by atoms with E-state index in [4.69, 9.17) is 15.3 Å². The van der Waals surface area contributed by atoms with Crippen molar-refractivity contribution in [3.63, 3.8) is 0 Å². The number of carbonyl (C=O) groups is 3. The second-order valence-corrected chi connectivity index (χ2v) is 4.94. The first kappa shape index (κ1) is 35.9. The molecule has 31 heavy (non-hydrogen) atoms. The number of aliphatic hydroxyl groups excluding tert-OH is 3. The van der Waals surface area contributed by atoms with Gasteiger partial charge in [0.2, 0.25) is 0 Å². The van der Waals surface area contributed by atoms with E-state index in [1.54, 1.807) is 0 Å². The molecule has 0 unspecified atom stereocenters. The molecule has 0 radical (unpaired) electrons. The van der Waals surface area contributed by atoms with Gasteiger partial charge in [0.25, 0.3) is 17.3 Å². The van der Waals surface area contributed by atoms with E-state index in [9.17, 15) is 53.9 Å². The van der Waals surface area contributed by atoms with Crippen molar-refractivity contribution in [3.8, 4) is 0 Å². The van der Waals surface area contributed by atoms with E-state index in [-0.39, 0.29) is 35.6 Å². The molecule has 0 spiro atoms. The molecule has 0 heterocycles. The Labute approximate surface area is 179 Å². The topological polar surface area (TPSA) is 112 Å². The molecule has 0 aromatic heterocycles. The Morgan fingerprint density at radius 2 is 0.645 bits per heavy atom. The standard InChI is InChI=1S/3C5H5F3O2.Cr/c3*1-3(9)2-4(10)5(6,7)8;/h3*2,9H,1H3;/b3-2+;2*3-2-;. The number of halogens is 9. The number of alkyl halides is 9. The third-order valence-corrected chi connectivity index (χ3v) is 1.86. The molecule has 0 bridgehead atoms. The van der Waals surface area contributed by atoms with E-state index < -0.39 is 53.2 Å². The fraction of sp³-hybridized carbons (Fsp3) is 0.400. The fourth-order valence-electron chi connectivity index (χ4n) is 0.815. The first-order chi connectivity index (χ1) is 13.0. The molecule has 0 rings (SSSR count). The molecule has 0 aromatic rings. The maximum atomic E-state index is 11.3. The molecule has 16 heteroatoms. The van der Waals surface area contributed by atoms with Crippen LogP contribution in [-0.2, 0) is 31.7 Å². The molecule has 0 aliphatic carbocycles. The van der Waals surface area contributed by atoms with E-state index >= 15 is 0 Å². The molecule has 0 fully saturated rings. The SMILES string of the molecule is C/C(O)=C/C(=O)C(F)(F)F.C/C(O)=C/C(=O)C(F)(F)F.C/C(O)=C\C(=O)C(F)(F)F.[Cr]. The van der Waals surface area contributed by atoms with E-state index in [0.717, 1.165) is 20.8 Å². The Balaban J connectivity index is -0.000000174. The van der Waals surface area contributed by atoms with Crippen molar-refractivity contribution in [1.29, 1.82) is 0 Å². The third-order valence-electron chi connectivity index (χ3n) is 1.86. The van der Waals surface area contributed by atoms with E-state index in [1.165, 1.54) is 0 Å². The summed E-state index contributed by atoms with van der Waals surface area (Å²) in [4.78, 5) is 29.7. The molecule has 0 aliphatic heterocycles. The maximum Gasteiger partial charge on any atom is 0.454 e. The summed E-state index contributed by atoms with van der Waals surface area (Å²) in [6, 6.07) is 0. The Morgan fingerprint density at radius 3 is 0.677 bits per heavy atom. The molecular weight excluding hydrogens is 499 g/mol. The maximum absolute atomic E-state index is 11.3. The van der Waals surface area contributed by atoms with Crippen LogP contribution in [0.2, 0.25) is 0 Å². The molecule has 180 valence electrons. The number of rotatable bonds is 3. The van der Waals surface area contributed by atoms with Gasteiger partial charge in [0.1, 0.15) is 0 Å². The third kappa shape index (κ3) is 23.7. The van der Waals surface area contributed by atoms with Gasteiger partial charge >= 0.3 is 18.5 Å². The van der Waals surface area contributed by atoms with Crippen LogP contribution in [-0.4, -0.2) is 51.2 Å². The smallest absolute Gasteiger partial charge is 0.454 e. The van der Waals surface area contributed by atoms with Gasteiger partial charge in [-0.3, -0.25) is 14.4 Å².